The van der Waals surface area contributed by atoms with Crippen molar-refractivity contribution in [3.05, 3.63) is 47.8 Å². The molecule has 0 N–H and O–H groups in total. The summed E-state index contributed by atoms with van der Waals surface area (Å²) in [6, 6.07) is 7.63. The number of aryl methyl sites for hydroxylation is 1. The van der Waals surface area contributed by atoms with Gasteiger partial charge in [-0.2, -0.15) is 4.31 Å². The first-order valence-electron chi connectivity index (χ1n) is 11.3. The number of benzene rings is 2. The predicted octanol–water partition coefficient (Wildman–Crippen LogP) is 3.50. The van der Waals surface area contributed by atoms with Crippen LogP contribution in [0, 0.1) is 12.7 Å². The second kappa shape index (κ2) is 10.2. The minimum atomic E-state index is -3.97. The summed E-state index contributed by atoms with van der Waals surface area (Å²) >= 11 is 1.39. The van der Waals surface area contributed by atoms with Gasteiger partial charge in [-0.3, -0.25) is 9.69 Å². The molecule has 2 aromatic carbocycles. The fraction of sp³-hybridized carbons (Fsp3) is 0.417. The number of fused-ring (bicyclic) bond motifs is 1. The van der Waals surface area contributed by atoms with Gasteiger partial charge in [0.2, 0.25) is 15.9 Å². The molecule has 1 aliphatic heterocycles. The van der Waals surface area contributed by atoms with Gasteiger partial charge in [-0.05, 0) is 69.8 Å². The monoisotopic (exact) mass is 520 g/mol. The number of carbonyl (C=O) groups excluding carboxylic acids is 1. The lowest BCUT2D eigenvalue weighted by Crippen LogP contribution is -2.49. The van der Waals surface area contributed by atoms with Gasteiger partial charge in [0.1, 0.15) is 23.1 Å². The molecular formula is C24H29FN4O4S2. The molecule has 0 radical (unpaired) electrons. The maximum atomic E-state index is 13.9. The molecule has 1 unspecified atom stereocenters. The van der Waals surface area contributed by atoms with E-state index in [-0.39, 0.29) is 17.3 Å². The fourth-order valence-electron chi connectivity index (χ4n) is 4.18. The van der Waals surface area contributed by atoms with Gasteiger partial charge in [0.25, 0.3) is 0 Å². The minimum absolute atomic E-state index is 0.0289. The number of nitrogens with zero attached hydrogens (tertiary/aromatic N) is 4. The van der Waals surface area contributed by atoms with Crippen LogP contribution < -0.4 is 9.64 Å². The minimum Gasteiger partial charge on any atom is -0.494 e. The summed E-state index contributed by atoms with van der Waals surface area (Å²) in [6.07, 6.45) is 0.968. The Kier molecular flexibility index (Phi) is 7.41. The SMILES string of the molecule is COc1ccc(C)c2sc(N(CCN(C)C)C(=O)C3CCCN3S(=O)(=O)c3ccc(F)cc3)nc12. The Morgan fingerprint density at radius 2 is 1.91 bits per heavy atom. The Morgan fingerprint density at radius 1 is 1.20 bits per heavy atom. The molecule has 1 amide bonds. The quantitative estimate of drug-likeness (QED) is 0.452. The number of likely N-dealkylation sites (N-methyl/N-ethyl adjacent to an activating group) is 1. The number of hydrogen-bond donors (Lipinski definition) is 0. The van der Waals surface area contributed by atoms with Gasteiger partial charge in [-0.25, -0.2) is 17.8 Å². The van der Waals surface area contributed by atoms with Gasteiger partial charge in [-0.15, -0.1) is 0 Å². The second-order valence-corrected chi connectivity index (χ2v) is 11.6. The van der Waals surface area contributed by atoms with Crippen molar-refractivity contribution >= 4 is 42.6 Å². The summed E-state index contributed by atoms with van der Waals surface area (Å²) < 4.78 is 47.7. The molecule has 0 spiro atoms. The van der Waals surface area contributed by atoms with E-state index in [1.165, 1.54) is 27.8 Å². The normalized spacial score (nSPS) is 16.8. The van der Waals surface area contributed by atoms with Crippen LogP contribution in [0.2, 0.25) is 0 Å². The number of methoxy groups -OCH3 is 1. The molecule has 1 fully saturated rings. The van der Waals surface area contributed by atoms with Crippen molar-refractivity contribution in [2.75, 3.05) is 45.7 Å². The van der Waals surface area contributed by atoms with E-state index in [0.29, 0.717) is 42.3 Å². The summed E-state index contributed by atoms with van der Waals surface area (Å²) in [7, 11) is 1.43. The van der Waals surface area contributed by atoms with Crippen LogP contribution in [0.3, 0.4) is 0 Å². The molecule has 0 bridgehead atoms. The van der Waals surface area contributed by atoms with Crippen molar-refractivity contribution in [3.63, 3.8) is 0 Å². The molecule has 188 valence electrons. The molecule has 11 heteroatoms. The smallest absolute Gasteiger partial charge is 0.247 e. The van der Waals surface area contributed by atoms with Gasteiger partial charge in [-0.1, -0.05) is 17.4 Å². The summed E-state index contributed by atoms with van der Waals surface area (Å²) in [5.41, 5.74) is 1.70. The van der Waals surface area contributed by atoms with Crippen molar-refractivity contribution < 1.29 is 22.3 Å². The van der Waals surface area contributed by atoms with Crippen LogP contribution in [-0.2, 0) is 14.8 Å². The number of amides is 1. The van der Waals surface area contributed by atoms with Crippen LogP contribution >= 0.6 is 11.3 Å². The van der Waals surface area contributed by atoms with E-state index in [0.717, 1.165) is 22.4 Å². The van der Waals surface area contributed by atoms with Crippen molar-refractivity contribution in [3.8, 4) is 5.75 Å². The first-order valence-corrected chi connectivity index (χ1v) is 13.6. The second-order valence-electron chi connectivity index (χ2n) is 8.78. The lowest BCUT2D eigenvalue weighted by molar-refractivity contribution is -0.121. The molecule has 0 aliphatic carbocycles. The molecule has 1 saturated heterocycles. The van der Waals surface area contributed by atoms with Crippen molar-refractivity contribution in [2.45, 2.75) is 30.7 Å². The molecule has 35 heavy (non-hydrogen) atoms. The van der Waals surface area contributed by atoms with E-state index in [4.69, 9.17) is 9.72 Å². The lowest BCUT2D eigenvalue weighted by Gasteiger charge is -2.29. The molecule has 0 saturated carbocycles. The highest BCUT2D eigenvalue weighted by Gasteiger charge is 2.42. The Balaban J connectivity index is 1.71. The number of ether oxygens (including phenoxy) is 1. The van der Waals surface area contributed by atoms with Crippen molar-refractivity contribution in [1.29, 1.82) is 0 Å². The number of rotatable bonds is 8. The van der Waals surface area contributed by atoms with E-state index in [1.807, 2.05) is 38.1 Å². The number of halogens is 1. The largest absolute Gasteiger partial charge is 0.494 e. The highest BCUT2D eigenvalue weighted by molar-refractivity contribution is 7.89. The molecule has 1 aliphatic rings. The number of anilines is 1. The highest BCUT2D eigenvalue weighted by Crippen LogP contribution is 2.37. The molecule has 2 heterocycles. The van der Waals surface area contributed by atoms with Crippen LogP contribution in [0.1, 0.15) is 18.4 Å². The average Bonchev–Trinajstić information content (AvgIpc) is 3.48. The van der Waals surface area contributed by atoms with Crippen LogP contribution in [0.5, 0.6) is 5.75 Å². The maximum absolute atomic E-state index is 13.9. The van der Waals surface area contributed by atoms with Gasteiger partial charge in [0.05, 0.1) is 16.7 Å². The Morgan fingerprint density at radius 3 is 2.57 bits per heavy atom. The molecule has 1 aromatic heterocycles. The summed E-state index contributed by atoms with van der Waals surface area (Å²) in [5, 5.41) is 0.505. The van der Waals surface area contributed by atoms with Gasteiger partial charge in [0.15, 0.2) is 5.13 Å². The first-order chi connectivity index (χ1) is 16.6. The molecule has 1 atom stereocenters. The fourth-order valence-corrected chi connectivity index (χ4v) is 6.91. The van der Waals surface area contributed by atoms with E-state index in [9.17, 15) is 17.6 Å². The maximum Gasteiger partial charge on any atom is 0.247 e. The average molecular weight is 521 g/mol. The van der Waals surface area contributed by atoms with E-state index in [2.05, 4.69) is 0 Å². The third-order valence-corrected chi connectivity index (χ3v) is 9.22. The topological polar surface area (TPSA) is 83.0 Å². The van der Waals surface area contributed by atoms with E-state index < -0.39 is 21.9 Å². The van der Waals surface area contributed by atoms with Crippen LogP contribution in [0.4, 0.5) is 9.52 Å². The zero-order chi connectivity index (χ0) is 25.3. The Hall–Kier alpha value is -2.60. The third-order valence-electron chi connectivity index (χ3n) is 6.09. The molecular weight excluding hydrogens is 491 g/mol. The lowest BCUT2D eigenvalue weighted by atomic mass is 10.2. The highest BCUT2D eigenvalue weighted by atomic mass is 32.2. The van der Waals surface area contributed by atoms with Crippen LogP contribution in [0.25, 0.3) is 10.2 Å². The summed E-state index contributed by atoms with van der Waals surface area (Å²) in [4.78, 5) is 22.2. The molecule has 4 rings (SSSR count). The number of carbonyl (C=O) groups is 1. The first kappa shape index (κ1) is 25.5. The predicted molar refractivity (Wildman–Crippen MR) is 135 cm³/mol. The van der Waals surface area contributed by atoms with E-state index in [1.54, 1.807) is 12.0 Å². The van der Waals surface area contributed by atoms with Crippen LogP contribution in [-0.4, -0.2) is 75.4 Å². The third kappa shape index (κ3) is 5.04. The molecule has 8 nitrogen and oxygen atoms in total. The Bertz CT molecular complexity index is 1330. The number of thiazole rings is 1. The van der Waals surface area contributed by atoms with Crippen LogP contribution in [0.15, 0.2) is 41.3 Å². The number of sulfonamides is 1. The van der Waals surface area contributed by atoms with Crippen molar-refractivity contribution in [2.24, 2.45) is 0 Å². The van der Waals surface area contributed by atoms with E-state index >= 15 is 0 Å². The zero-order valence-corrected chi connectivity index (χ0v) is 21.8. The van der Waals surface area contributed by atoms with Gasteiger partial charge < -0.3 is 9.64 Å². The summed E-state index contributed by atoms with van der Waals surface area (Å²) in [6.45, 7) is 3.14. The summed E-state index contributed by atoms with van der Waals surface area (Å²) in [5.74, 6) is -0.213. The Labute approximate surface area is 209 Å². The molecule has 3 aromatic rings. The standard InChI is InChI=1S/C24H29FN4O4S2/c1-16-7-12-20(33-4)21-22(16)34-24(26-21)28(15-14-27(2)3)23(30)19-6-5-13-29(19)35(31,32)18-10-8-17(25)9-11-18/h7-12,19H,5-6,13-15H2,1-4H3. The van der Waals surface area contributed by atoms with Gasteiger partial charge >= 0.3 is 0 Å². The number of hydrogen-bond acceptors (Lipinski definition) is 7. The number of aromatic nitrogens is 1. The zero-order valence-electron chi connectivity index (χ0n) is 20.2. The van der Waals surface area contributed by atoms with Gasteiger partial charge in [0, 0.05) is 19.6 Å². The van der Waals surface area contributed by atoms with Crippen molar-refractivity contribution in [1.82, 2.24) is 14.2 Å².